The van der Waals surface area contributed by atoms with E-state index in [1.54, 1.807) is 6.92 Å². The molecule has 48 heavy (non-hydrogen) atoms. The first-order valence-electron chi connectivity index (χ1n) is 16.3. The van der Waals surface area contributed by atoms with Gasteiger partial charge in [0.05, 0.1) is 0 Å². The molecule has 256 valence electrons. The topological polar surface area (TPSA) is 171 Å². The number of hydrogen-bond acceptors (Lipinski definition) is 6. The number of pyridine rings is 1. The van der Waals surface area contributed by atoms with E-state index in [9.17, 15) is 37.5 Å². The van der Waals surface area contributed by atoms with Crippen LogP contribution in [-0.2, 0) is 25.7 Å². The second-order valence-electron chi connectivity index (χ2n) is 12.8. The van der Waals surface area contributed by atoms with Crippen LogP contribution in [0.2, 0.25) is 0 Å². The second-order valence-corrected chi connectivity index (χ2v) is 12.8. The molecule has 2 bridgehead atoms. The van der Waals surface area contributed by atoms with Gasteiger partial charge < -0.3 is 30.8 Å². The molecule has 0 radical (unpaired) electrons. The monoisotopic (exact) mass is 666 g/mol. The zero-order valence-corrected chi connectivity index (χ0v) is 26.9. The van der Waals surface area contributed by atoms with Gasteiger partial charge in [-0.15, -0.1) is 0 Å². The Labute approximate surface area is 275 Å². The van der Waals surface area contributed by atoms with Crippen LogP contribution in [-0.4, -0.2) is 57.6 Å². The minimum Gasteiger partial charge on any atom is -0.351 e. The van der Waals surface area contributed by atoms with E-state index in [2.05, 4.69) is 33.2 Å². The van der Waals surface area contributed by atoms with Crippen molar-refractivity contribution in [2.75, 3.05) is 11.9 Å². The number of aromatic nitrogens is 2. The maximum absolute atomic E-state index is 14.3. The number of rotatable bonds is 12. The Balaban J connectivity index is 1.29. The number of anilines is 1. The number of fused-ring (bicyclic) bond motifs is 3. The van der Waals surface area contributed by atoms with Gasteiger partial charge in [-0.2, -0.15) is 0 Å². The lowest BCUT2D eigenvalue weighted by Gasteiger charge is -2.44. The summed E-state index contributed by atoms with van der Waals surface area (Å²) >= 11 is 0. The fourth-order valence-corrected chi connectivity index (χ4v) is 7.05. The largest absolute Gasteiger partial charge is 0.351 e. The van der Waals surface area contributed by atoms with E-state index in [0.29, 0.717) is 17.8 Å². The number of Topliss-reactive ketones (excluding diaryl/α,β-unsaturated/α-hetero) is 1. The van der Waals surface area contributed by atoms with Crippen molar-refractivity contribution in [2.24, 2.45) is 17.8 Å². The molecular formula is C34H40F2N6O6. The minimum atomic E-state index is -1.42. The average Bonchev–Trinajstić information content (AvgIpc) is 3.50. The van der Waals surface area contributed by atoms with Gasteiger partial charge in [0, 0.05) is 36.1 Å². The van der Waals surface area contributed by atoms with Crippen molar-refractivity contribution < 1.29 is 32.8 Å². The highest BCUT2D eigenvalue weighted by Gasteiger charge is 2.38. The summed E-state index contributed by atoms with van der Waals surface area (Å²) in [6.45, 7) is 3.73. The summed E-state index contributed by atoms with van der Waals surface area (Å²) < 4.78 is 29.2. The molecule has 0 saturated heterocycles. The van der Waals surface area contributed by atoms with E-state index in [1.165, 1.54) is 35.4 Å². The molecule has 5 N–H and O–H groups in total. The number of halogens is 2. The van der Waals surface area contributed by atoms with Crippen molar-refractivity contribution in [2.45, 2.75) is 77.4 Å². The van der Waals surface area contributed by atoms with Gasteiger partial charge in [0.15, 0.2) is 11.6 Å². The highest BCUT2D eigenvalue weighted by atomic mass is 19.2. The van der Waals surface area contributed by atoms with Gasteiger partial charge in [-0.05, 0) is 80.7 Å². The Hall–Kier alpha value is -4.88. The summed E-state index contributed by atoms with van der Waals surface area (Å²) in [5, 5.41) is 10.2. The Kier molecular flexibility index (Phi) is 10.7. The van der Waals surface area contributed by atoms with Crippen molar-refractivity contribution in [3.63, 3.8) is 0 Å². The van der Waals surface area contributed by atoms with Gasteiger partial charge in [-0.1, -0.05) is 19.8 Å². The van der Waals surface area contributed by atoms with Crippen LogP contribution in [0, 0.1) is 29.4 Å². The van der Waals surface area contributed by atoms with Crippen LogP contribution in [0.3, 0.4) is 0 Å². The number of hydrogen-bond donors (Lipinski definition) is 5. The van der Waals surface area contributed by atoms with Crippen molar-refractivity contribution in [1.82, 2.24) is 25.5 Å². The van der Waals surface area contributed by atoms with Crippen LogP contribution in [0.1, 0.15) is 69.3 Å². The SMILES string of the molecule is CCNC(=O)C(=O)CCC(NC(=O)c1cc2c(F)c(F)ccc2[nH]1)C(=O)Nc1cccn(CC(=O)NC2C(C)CC3CCCC2C3)c1=O. The molecule has 0 aliphatic heterocycles. The number of aromatic amines is 1. The van der Waals surface area contributed by atoms with Gasteiger partial charge in [0.1, 0.15) is 24.0 Å². The minimum absolute atomic E-state index is 0.0342. The molecule has 2 saturated carbocycles. The van der Waals surface area contributed by atoms with Gasteiger partial charge in [0.2, 0.25) is 17.6 Å². The number of amides is 4. The van der Waals surface area contributed by atoms with Crippen molar-refractivity contribution in [3.05, 3.63) is 64.2 Å². The summed E-state index contributed by atoms with van der Waals surface area (Å²) in [6, 6.07) is 4.67. The van der Waals surface area contributed by atoms with Crippen LogP contribution in [0.4, 0.5) is 14.5 Å². The molecule has 2 aliphatic rings. The van der Waals surface area contributed by atoms with Gasteiger partial charge >= 0.3 is 0 Å². The highest BCUT2D eigenvalue weighted by Crippen LogP contribution is 2.42. The summed E-state index contributed by atoms with van der Waals surface area (Å²) in [7, 11) is 0. The van der Waals surface area contributed by atoms with E-state index in [4.69, 9.17) is 0 Å². The number of carbonyl (C=O) groups is 5. The van der Waals surface area contributed by atoms with Gasteiger partial charge in [-0.25, -0.2) is 8.78 Å². The predicted molar refractivity (Wildman–Crippen MR) is 173 cm³/mol. The highest BCUT2D eigenvalue weighted by molar-refractivity contribution is 6.36. The maximum atomic E-state index is 14.3. The number of nitrogens with one attached hydrogen (secondary N) is 5. The molecule has 12 nitrogen and oxygen atoms in total. The molecule has 14 heteroatoms. The molecule has 2 aromatic heterocycles. The summed E-state index contributed by atoms with van der Waals surface area (Å²) in [5.41, 5.74) is -0.881. The van der Waals surface area contributed by atoms with E-state index >= 15 is 0 Å². The molecule has 5 unspecified atom stereocenters. The smallest absolute Gasteiger partial charge is 0.287 e. The third kappa shape index (κ3) is 7.80. The Morgan fingerprint density at radius 2 is 1.88 bits per heavy atom. The zero-order chi connectivity index (χ0) is 34.5. The molecule has 3 aromatic rings. The fraction of sp³-hybridized carbons (Fsp3) is 0.471. The quantitative estimate of drug-likeness (QED) is 0.186. The molecule has 4 amide bonds. The Bertz CT molecular complexity index is 1780. The number of H-pyrrole nitrogens is 1. The summed E-state index contributed by atoms with van der Waals surface area (Å²) in [6.07, 6.45) is 6.30. The molecule has 2 heterocycles. The van der Waals surface area contributed by atoms with E-state index in [1.807, 2.05) is 0 Å². The van der Waals surface area contributed by atoms with Crippen LogP contribution >= 0.6 is 0 Å². The standard InChI is InChI=1S/C34H40F2N6O6/c1-3-37-33(47)27(43)12-11-24(39-32(46)26-16-21-23(38-26)10-9-22(35)29(21)36)31(45)40-25-8-5-13-42(34(25)48)17-28(44)41-30-18(2)14-19-6-4-7-20(30)15-19/h5,8-10,13,16,18-20,24,30,38H,3-4,6-7,11-12,14-15,17H2,1-2H3,(H,37,47)(H,39,46)(H,40,45)(H,41,44). The lowest BCUT2D eigenvalue weighted by molar-refractivity contribution is -0.138. The molecule has 0 spiro atoms. The summed E-state index contributed by atoms with van der Waals surface area (Å²) in [5.74, 6) is -4.56. The predicted octanol–water partition coefficient (Wildman–Crippen LogP) is 3.16. The summed E-state index contributed by atoms with van der Waals surface area (Å²) in [4.78, 5) is 80.0. The molecular weight excluding hydrogens is 626 g/mol. The first-order chi connectivity index (χ1) is 22.9. The Morgan fingerprint density at radius 3 is 2.65 bits per heavy atom. The Morgan fingerprint density at radius 1 is 1.08 bits per heavy atom. The molecule has 2 fully saturated rings. The lowest BCUT2D eigenvalue weighted by atomic mass is 9.65. The maximum Gasteiger partial charge on any atom is 0.287 e. The van der Waals surface area contributed by atoms with Crippen molar-refractivity contribution >= 4 is 46.0 Å². The number of likely N-dealkylation sites (N-methyl/N-ethyl adjacent to an activating group) is 1. The van der Waals surface area contributed by atoms with Crippen LogP contribution in [0.25, 0.3) is 10.9 Å². The number of benzene rings is 1. The third-order valence-corrected chi connectivity index (χ3v) is 9.38. The van der Waals surface area contributed by atoms with E-state index in [0.717, 1.165) is 37.8 Å². The van der Waals surface area contributed by atoms with E-state index in [-0.39, 0.29) is 53.7 Å². The number of carbonyl (C=O) groups excluding carboxylic acids is 5. The molecule has 5 rings (SSSR count). The van der Waals surface area contributed by atoms with Gasteiger partial charge in [0.25, 0.3) is 17.4 Å². The normalized spacial score (nSPS) is 20.8. The van der Waals surface area contributed by atoms with E-state index < -0.39 is 53.2 Å². The number of nitrogens with zero attached hydrogens (tertiary/aromatic N) is 1. The lowest BCUT2D eigenvalue weighted by Crippen LogP contribution is -2.50. The number of ketones is 1. The third-order valence-electron chi connectivity index (χ3n) is 9.38. The van der Waals surface area contributed by atoms with Crippen molar-refractivity contribution in [3.8, 4) is 0 Å². The fourth-order valence-electron chi connectivity index (χ4n) is 7.05. The van der Waals surface area contributed by atoms with Crippen LogP contribution in [0.15, 0.2) is 41.3 Å². The second kappa shape index (κ2) is 14.9. The average molecular weight is 667 g/mol. The zero-order valence-electron chi connectivity index (χ0n) is 26.9. The first kappa shape index (κ1) is 34.5. The van der Waals surface area contributed by atoms with Gasteiger partial charge in [-0.3, -0.25) is 28.8 Å². The van der Waals surface area contributed by atoms with Crippen LogP contribution in [0.5, 0.6) is 0 Å². The van der Waals surface area contributed by atoms with Crippen LogP contribution < -0.4 is 26.8 Å². The first-order valence-corrected chi connectivity index (χ1v) is 16.3. The van der Waals surface area contributed by atoms with Crippen molar-refractivity contribution in [1.29, 1.82) is 0 Å². The molecule has 2 aliphatic carbocycles. The molecule has 5 atom stereocenters. The molecule has 1 aromatic carbocycles.